The SMILES string of the molecule is O=C1Nc2c(cc([N+](=O)[O-])cc2C(F)(F)F)/C1=N/O. The van der Waals surface area contributed by atoms with Crippen molar-refractivity contribution in [2.75, 3.05) is 5.32 Å². The lowest BCUT2D eigenvalue weighted by molar-refractivity contribution is -0.385. The van der Waals surface area contributed by atoms with Gasteiger partial charge in [0, 0.05) is 17.7 Å². The third-order valence-electron chi connectivity index (χ3n) is 2.45. The Morgan fingerprint density at radius 1 is 1.37 bits per heavy atom. The first-order chi connectivity index (χ1) is 8.75. The fourth-order valence-corrected chi connectivity index (χ4v) is 1.67. The predicted molar refractivity (Wildman–Crippen MR) is 55.1 cm³/mol. The molecule has 0 radical (unpaired) electrons. The van der Waals surface area contributed by atoms with Gasteiger partial charge in [0.05, 0.1) is 16.2 Å². The number of nitrogens with zero attached hydrogens (tertiary/aromatic N) is 2. The Kier molecular flexibility index (Phi) is 2.65. The van der Waals surface area contributed by atoms with Gasteiger partial charge in [-0.2, -0.15) is 13.2 Å². The van der Waals surface area contributed by atoms with Gasteiger partial charge in [0.25, 0.3) is 11.6 Å². The maximum Gasteiger partial charge on any atom is 0.418 e. The number of benzene rings is 1. The number of carbonyl (C=O) groups is 1. The number of alkyl halides is 3. The summed E-state index contributed by atoms with van der Waals surface area (Å²) in [6.07, 6.45) is -4.89. The molecule has 1 heterocycles. The highest BCUT2D eigenvalue weighted by molar-refractivity contribution is 6.53. The van der Waals surface area contributed by atoms with Crippen LogP contribution >= 0.6 is 0 Å². The Morgan fingerprint density at radius 3 is 2.47 bits per heavy atom. The number of fused-ring (bicyclic) bond motifs is 1. The Labute approximate surface area is 102 Å². The van der Waals surface area contributed by atoms with Crippen LogP contribution in [0.25, 0.3) is 0 Å². The molecule has 0 spiro atoms. The van der Waals surface area contributed by atoms with Crippen LogP contribution in [0, 0.1) is 10.1 Å². The number of amides is 1. The number of hydrogen-bond acceptors (Lipinski definition) is 5. The van der Waals surface area contributed by atoms with Gasteiger partial charge in [-0.25, -0.2) is 0 Å². The van der Waals surface area contributed by atoms with Gasteiger partial charge in [0.1, 0.15) is 0 Å². The molecule has 0 aromatic heterocycles. The first kappa shape index (κ1) is 12.8. The van der Waals surface area contributed by atoms with Crippen LogP contribution in [0.1, 0.15) is 11.1 Å². The second-order valence-electron chi connectivity index (χ2n) is 3.57. The molecule has 10 heteroatoms. The summed E-state index contributed by atoms with van der Waals surface area (Å²) in [4.78, 5) is 20.8. The van der Waals surface area contributed by atoms with Crippen LogP contribution in [0.15, 0.2) is 17.3 Å². The number of carbonyl (C=O) groups excluding carboxylic acids is 1. The molecule has 100 valence electrons. The van der Waals surface area contributed by atoms with Crippen molar-refractivity contribution in [1.82, 2.24) is 0 Å². The van der Waals surface area contributed by atoms with Crippen LogP contribution in [-0.2, 0) is 11.0 Å². The summed E-state index contributed by atoms with van der Waals surface area (Å²) in [5.74, 6) is -1.07. The molecule has 2 N–H and O–H groups in total. The van der Waals surface area contributed by atoms with Crippen LogP contribution < -0.4 is 5.32 Å². The number of halogens is 3. The van der Waals surface area contributed by atoms with Gasteiger partial charge >= 0.3 is 6.18 Å². The van der Waals surface area contributed by atoms with Crippen LogP contribution in [0.2, 0.25) is 0 Å². The molecule has 0 fully saturated rings. The summed E-state index contributed by atoms with van der Waals surface area (Å²) >= 11 is 0. The second-order valence-corrected chi connectivity index (χ2v) is 3.57. The summed E-state index contributed by atoms with van der Waals surface area (Å²) < 4.78 is 38.3. The molecule has 0 saturated heterocycles. The van der Waals surface area contributed by atoms with E-state index >= 15 is 0 Å². The summed E-state index contributed by atoms with van der Waals surface area (Å²) in [5, 5.41) is 23.6. The Balaban J connectivity index is 2.78. The van der Waals surface area contributed by atoms with E-state index in [0.29, 0.717) is 6.07 Å². The van der Waals surface area contributed by atoms with E-state index in [4.69, 9.17) is 5.21 Å². The van der Waals surface area contributed by atoms with Gasteiger partial charge < -0.3 is 10.5 Å². The van der Waals surface area contributed by atoms with Gasteiger partial charge in [-0.05, 0) is 0 Å². The molecule has 1 aliphatic rings. The van der Waals surface area contributed by atoms with Gasteiger partial charge in [-0.3, -0.25) is 14.9 Å². The molecule has 19 heavy (non-hydrogen) atoms. The fourth-order valence-electron chi connectivity index (χ4n) is 1.67. The van der Waals surface area contributed by atoms with Crippen LogP contribution in [-0.4, -0.2) is 21.7 Å². The lowest BCUT2D eigenvalue weighted by atomic mass is 10.0. The lowest BCUT2D eigenvalue weighted by Gasteiger charge is -2.10. The third-order valence-corrected chi connectivity index (χ3v) is 2.45. The van der Waals surface area contributed by atoms with Crippen LogP contribution in [0.3, 0.4) is 0 Å². The Hall–Kier alpha value is -2.65. The van der Waals surface area contributed by atoms with Crippen molar-refractivity contribution in [3.63, 3.8) is 0 Å². The quantitative estimate of drug-likeness (QED) is 0.462. The number of nitro groups is 1. The zero-order valence-electron chi connectivity index (χ0n) is 8.85. The molecule has 1 aromatic carbocycles. The zero-order valence-corrected chi connectivity index (χ0v) is 8.85. The molecule has 7 nitrogen and oxygen atoms in total. The van der Waals surface area contributed by atoms with Gasteiger partial charge in [-0.15, -0.1) is 0 Å². The average Bonchev–Trinajstić information content (AvgIpc) is 2.61. The molecular weight excluding hydrogens is 271 g/mol. The standard InChI is InChI=1S/C9H4F3N3O4/c10-9(11,12)5-2-3(15(18)19)1-4-6(5)13-8(16)7(4)14-17/h1-2,17H,(H,13,14,16). The zero-order chi connectivity index (χ0) is 14.4. The van der Waals surface area contributed by atoms with Gasteiger partial charge in [-0.1, -0.05) is 5.16 Å². The van der Waals surface area contributed by atoms with E-state index in [2.05, 4.69) is 5.16 Å². The number of rotatable bonds is 1. The van der Waals surface area contributed by atoms with E-state index in [1.807, 2.05) is 5.32 Å². The molecular formula is C9H4F3N3O4. The summed E-state index contributed by atoms with van der Waals surface area (Å²) in [6.45, 7) is 0. The van der Waals surface area contributed by atoms with E-state index in [9.17, 15) is 28.1 Å². The third kappa shape index (κ3) is 1.96. The van der Waals surface area contributed by atoms with Crippen molar-refractivity contribution in [2.45, 2.75) is 6.18 Å². The first-order valence-electron chi connectivity index (χ1n) is 4.69. The molecule has 0 unspecified atom stereocenters. The number of oxime groups is 1. The van der Waals surface area contributed by atoms with Crippen LogP contribution in [0.4, 0.5) is 24.5 Å². The van der Waals surface area contributed by atoms with Gasteiger partial charge in [0.2, 0.25) is 0 Å². The highest BCUT2D eigenvalue weighted by Crippen LogP contribution is 2.41. The number of anilines is 1. The van der Waals surface area contributed by atoms with E-state index in [1.165, 1.54) is 0 Å². The van der Waals surface area contributed by atoms with E-state index in [-0.39, 0.29) is 0 Å². The highest BCUT2D eigenvalue weighted by Gasteiger charge is 2.41. The maximum atomic E-state index is 12.8. The average molecular weight is 275 g/mol. The molecule has 0 atom stereocenters. The monoisotopic (exact) mass is 275 g/mol. The second kappa shape index (κ2) is 3.93. The summed E-state index contributed by atoms with van der Waals surface area (Å²) in [7, 11) is 0. The Morgan fingerprint density at radius 2 is 2.00 bits per heavy atom. The molecule has 0 aliphatic carbocycles. The van der Waals surface area contributed by atoms with Crippen molar-refractivity contribution < 1.29 is 28.1 Å². The van der Waals surface area contributed by atoms with Crippen molar-refractivity contribution in [3.8, 4) is 0 Å². The number of nitrogens with one attached hydrogen (secondary N) is 1. The minimum Gasteiger partial charge on any atom is -0.410 e. The van der Waals surface area contributed by atoms with E-state index in [1.54, 1.807) is 0 Å². The van der Waals surface area contributed by atoms with Gasteiger partial charge in [0.15, 0.2) is 5.71 Å². The number of hydrogen-bond donors (Lipinski definition) is 2. The summed E-state index contributed by atoms with van der Waals surface area (Å²) in [6, 6.07) is 1.04. The smallest absolute Gasteiger partial charge is 0.410 e. The van der Waals surface area contributed by atoms with Crippen molar-refractivity contribution in [3.05, 3.63) is 33.4 Å². The predicted octanol–water partition coefficient (Wildman–Crippen LogP) is 1.74. The van der Waals surface area contributed by atoms with E-state index in [0.717, 1.165) is 6.07 Å². The molecule has 0 saturated carbocycles. The largest absolute Gasteiger partial charge is 0.418 e. The molecule has 0 bridgehead atoms. The van der Waals surface area contributed by atoms with Crippen molar-refractivity contribution in [1.29, 1.82) is 0 Å². The van der Waals surface area contributed by atoms with E-state index < -0.39 is 45.2 Å². The normalized spacial score (nSPS) is 16.4. The number of nitro benzene ring substituents is 1. The minimum absolute atomic E-state index is 0.305. The topological polar surface area (TPSA) is 105 Å². The minimum atomic E-state index is -4.89. The van der Waals surface area contributed by atoms with Crippen LogP contribution in [0.5, 0.6) is 0 Å². The molecule has 2 rings (SSSR count). The lowest BCUT2D eigenvalue weighted by Crippen LogP contribution is -2.14. The van der Waals surface area contributed by atoms with Crippen molar-refractivity contribution >= 4 is 23.0 Å². The molecule has 1 aliphatic heterocycles. The fraction of sp³-hybridized carbons (Fsp3) is 0.111. The summed E-state index contributed by atoms with van der Waals surface area (Å²) in [5.41, 5.74) is -4.05. The Bertz CT molecular complexity index is 624. The molecule has 1 aromatic rings. The highest BCUT2D eigenvalue weighted by atomic mass is 19.4. The number of non-ortho nitro benzene ring substituents is 1. The molecule has 1 amide bonds. The van der Waals surface area contributed by atoms with Crippen molar-refractivity contribution in [2.24, 2.45) is 5.16 Å². The maximum absolute atomic E-state index is 12.8. The first-order valence-corrected chi connectivity index (χ1v) is 4.69.